The summed E-state index contributed by atoms with van der Waals surface area (Å²) in [6, 6.07) is 16.2. The molecule has 0 spiro atoms. The SMILES string of the molecule is O=C(OCc1nc(-c2cccnc2)no1)/C(=C/c1ccco1)n1nnnc1-c1ccccc1. The lowest BCUT2D eigenvalue weighted by Gasteiger charge is -2.08. The van der Waals surface area contributed by atoms with Gasteiger partial charge in [0, 0.05) is 29.6 Å². The molecule has 5 aromatic rings. The van der Waals surface area contributed by atoms with Crippen molar-refractivity contribution >= 4 is 17.7 Å². The van der Waals surface area contributed by atoms with Crippen LogP contribution in [0.2, 0.25) is 0 Å². The third-order valence-corrected chi connectivity index (χ3v) is 4.48. The highest BCUT2D eigenvalue weighted by Gasteiger charge is 2.22. The molecule has 0 saturated heterocycles. The number of aromatic nitrogens is 7. The highest BCUT2D eigenvalue weighted by Crippen LogP contribution is 2.22. The number of tetrazole rings is 1. The predicted octanol–water partition coefficient (Wildman–Crippen LogP) is 3.12. The molecule has 1 aromatic carbocycles. The molecule has 11 nitrogen and oxygen atoms in total. The molecular formula is C22H15N7O4. The Morgan fingerprint density at radius 1 is 1.06 bits per heavy atom. The van der Waals surface area contributed by atoms with Crippen molar-refractivity contribution in [3.63, 3.8) is 0 Å². The number of carbonyl (C=O) groups excluding carboxylic acids is 1. The average molecular weight is 441 g/mol. The molecular weight excluding hydrogens is 426 g/mol. The number of hydrogen-bond acceptors (Lipinski definition) is 10. The molecule has 0 saturated carbocycles. The van der Waals surface area contributed by atoms with E-state index in [4.69, 9.17) is 13.7 Å². The first-order valence-electron chi connectivity index (χ1n) is 9.77. The van der Waals surface area contributed by atoms with E-state index in [9.17, 15) is 4.79 Å². The van der Waals surface area contributed by atoms with Crippen LogP contribution >= 0.6 is 0 Å². The van der Waals surface area contributed by atoms with Gasteiger partial charge in [0.25, 0.3) is 5.89 Å². The van der Waals surface area contributed by atoms with Crippen molar-refractivity contribution in [2.24, 2.45) is 0 Å². The largest absolute Gasteiger partial charge is 0.465 e. The fraction of sp³-hybridized carbons (Fsp3) is 0.0455. The first-order chi connectivity index (χ1) is 16.3. The Hall–Kier alpha value is -4.93. The number of furan rings is 1. The van der Waals surface area contributed by atoms with Crippen LogP contribution in [0.15, 0.2) is 82.2 Å². The first-order valence-corrected chi connectivity index (χ1v) is 9.77. The molecule has 0 radical (unpaired) electrons. The Kier molecular flexibility index (Phi) is 5.49. The number of carbonyl (C=O) groups is 1. The Morgan fingerprint density at radius 2 is 1.94 bits per heavy atom. The standard InChI is InChI=1S/C22H15N7O4/c30-22(32-14-19-24-20(26-33-19)16-8-4-10-23-13-16)18(12-17-9-5-11-31-17)29-21(25-27-28-29)15-6-2-1-3-7-15/h1-13H,14H2/b18-12-. The molecule has 33 heavy (non-hydrogen) atoms. The lowest BCUT2D eigenvalue weighted by Crippen LogP contribution is -2.15. The lowest BCUT2D eigenvalue weighted by molar-refractivity contribution is -0.139. The van der Waals surface area contributed by atoms with Crippen molar-refractivity contribution in [3.8, 4) is 22.8 Å². The number of hydrogen-bond donors (Lipinski definition) is 0. The molecule has 5 rings (SSSR count). The van der Waals surface area contributed by atoms with Crippen LogP contribution in [-0.4, -0.2) is 41.3 Å². The zero-order chi connectivity index (χ0) is 22.5. The van der Waals surface area contributed by atoms with E-state index >= 15 is 0 Å². The fourth-order valence-corrected chi connectivity index (χ4v) is 2.96. The second-order valence-electron chi connectivity index (χ2n) is 6.65. The summed E-state index contributed by atoms with van der Waals surface area (Å²) in [4.78, 5) is 21.3. The van der Waals surface area contributed by atoms with Gasteiger partial charge in [-0.1, -0.05) is 35.5 Å². The minimum atomic E-state index is -0.711. The van der Waals surface area contributed by atoms with E-state index in [1.165, 1.54) is 17.0 Å². The molecule has 162 valence electrons. The Bertz CT molecular complexity index is 1380. The van der Waals surface area contributed by atoms with Gasteiger partial charge in [-0.15, -0.1) is 5.10 Å². The summed E-state index contributed by atoms with van der Waals surface area (Å²) >= 11 is 0. The molecule has 0 aliphatic heterocycles. The third kappa shape index (κ3) is 4.42. The Balaban J connectivity index is 1.40. The summed E-state index contributed by atoms with van der Waals surface area (Å²) in [5.41, 5.74) is 1.44. The van der Waals surface area contributed by atoms with Crippen molar-refractivity contribution in [1.29, 1.82) is 0 Å². The van der Waals surface area contributed by atoms with Crippen LogP contribution in [0, 0.1) is 0 Å². The summed E-state index contributed by atoms with van der Waals surface area (Å²) in [6.45, 7) is -0.246. The minimum absolute atomic E-state index is 0.0424. The molecule has 0 N–H and O–H groups in total. The van der Waals surface area contributed by atoms with Gasteiger partial charge in [-0.25, -0.2) is 4.79 Å². The van der Waals surface area contributed by atoms with Gasteiger partial charge >= 0.3 is 5.97 Å². The van der Waals surface area contributed by atoms with Gasteiger partial charge in [0.05, 0.1) is 6.26 Å². The van der Waals surface area contributed by atoms with Crippen LogP contribution in [0.25, 0.3) is 34.5 Å². The van der Waals surface area contributed by atoms with E-state index in [1.807, 2.05) is 30.3 Å². The lowest BCUT2D eigenvalue weighted by atomic mass is 10.2. The van der Waals surface area contributed by atoms with E-state index in [-0.39, 0.29) is 18.2 Å². The molecule has 0 aliphatic rings. The number of pyridine rings is 1. The van der Waals surface area contributed by atoms with Gasteiger partial charge in [0.1, 0.15) is 5.76 Å². The Morgan fingerprint density at radius 3 is 2.73 bits per heavy atom. The molecule has 4 heterocycles. The number of esters is 1. The quantitative estimate of drug-likeness (QED) is 0.274. The maximum atomic E-state index is 13.1. The summed E-state index contributed by atoms with van der Waals surface area (Å²) in [6.07, 6.45) is 6.22. The molecule has 11 heteroatoms. The maximum absolute atomic E-state index is 13.1. The molecule has 0 amide bonds. The Labute approximate surface area is 186 Å². The molecule has 0 aliphatic carbocycles. The monoisotopic (exact) mass is 441 g/mol. The van der Waals surface area contributed by atoms with Crippen molar-refractivity contribution < 1.29 is 18.5 Å². The van der Waals surface area contributed by atoms with Gasteiger partial charge < -0.3 is 13.7 Å². The van der Waals surface area contributed by atoms with Crippen LogP contribution in [0.5, 0.6) is 0 Å². The summed E-state index contributed by atoms with van der Waals surface area (Å²) < 4.78 is 17.3. The van der Waals surface area contributed by atoms with E-state index in [0.29, 0.717) is 23.0 Å². The topological polar surface area (TPSA) is 135 Å². The second-order valence-corrected chi connectivity index (χ2v) is 6.65. The summed E-state index contributed by atoms with van der Waals surface area (Å²) in [7, 11) is 0. The normalized spacial score (nSPS) is 11.5. The molecule has 0 unspecified atom stereocenters. The summed E-state index contributed by atoms with van der Waals surface area (Å²) in [5, 5.41) is 15.6. The van der Waals surface area contributed by atoms with Crippen molar-refractivity contribution in [2.75, 3.05) is 0 Å². The van der Waals surface area contributed by atoms with Gasteiger partial charge in [0.15, 0.2) is 18.1 Å². The van der Waals surface area contributed by atoms with Gasteiger partial charge in [-0.05, 0) is 34.7 Å². The number of nitrogens with zero attached hydrogens (tertiary/aromatic N) is 7. The van der Waals surface area contributed by atoms with Crippen LogP contribution in [0.3, 0.4) is 0 Å². The van der Waals surface area contributed by atoms with E-state index < -0.39 is 5.97 Å². The van der Waals surface area contributed by atoms with E-state index in [2.05, 4.69) is 30.7 Å². The molecule has 0 bridgehead atoms. The smallest absolute Gasteiger partial charge is 0.357 e. The molecule has 0 atom stereocenters. The number of rotatable bonds is 7. The van der Waals surface area contributed by atoms with Crippen LogP contribution in [0.1, 0.15) is 11.7 Å². The van der Waals surface area contributed by atoms with Gasteiger partial charge in [-0.3, -0.25) is 4.98 Å². The highest BCUT2D eigenvalue weighted by molar-refractivity contribution is 6.15. The van der Waals surface area contributed by atoms with Gasteiger partial charge in [0.2, 0.25) is 5.82 Å². The highest BCUT2D eigenvalue weighted by atomic mass is 16.6. The molecule has 4 aromatic heterocycles. The predicted molar refractivity (Wildman–Crippen MR) is 113 cm³/mol. The third-order valence-electron chi connectivity index (χ3n) is 4.48. The van der Waals surface area contributed by atoms with Crippen LogP contribution in [0.4, 0.5) is 0 Å². The zero-order valence-electron chi connectivity index (χ0n) is 17.0. The number of ether oxygens (including phenoxy) is 1. The van der Waals surface area contributed by atoms with Crippen molar-refractivity contribution in [2.45, 2.75) is 6.61 Å². The first kappa shape index (κ1) is 20.0. The van der Waals surface area contributed by atoms with Crippen molar-refractivity contribution in [3.05, 3.63) is 84.9 Å². The van der Waals surface area contributed by atoms with Gasteiger partial charge in [-0.2, -0.15) is 9.67 Å². The van der Waals surface area contributed by atoms with E-state index in [0.717, 1.165) is 5.56 Å². The maximum Gasteiger partial charge on any atom is 0.357 e. The fourth-order valence-electron chi connectivity index (χ4n) is 2.96. The minimum Gasteiger partial charge on any atom is -0.465 e. The second kappa shape index (κ2) is 9.06. The summed E-state index contributed by atoms with van der Waals surface area (Å²) in [5.74, 6) is 0.541. The van der Waals surface area contributed by atoms with E-state index in [1.54, 1.807) is 36.7 Å². The average Bonchev–Trinajstić information content (AvgIpc) is 3.64. The zero-order valence-corrected chi connectivity index (χ0v) is 17.0. The van der Waals surface area contributed by atoms with Crippen LogP contribution < -0.4 is 0 Å². The van der Waals surface area contributed by atoms with Crippen LogP contribution in [-0.2, 0) is 16.1 Å². The van der Waals surface area contributed by atoms with Crippen molar-refractivity contribution in [1.82, 2.24) is 35.3 Å². The molecule has 0 fully saturated rings. The number of benzene rings is 1.